The summed E-state index contributed by atoms with van der Waals surface area (Å²) in [6.45, 7) is 5.93. The Kier molecular flexibility index (Phi) is 4.08. The standard InChI is InChI=1S/C15H27N3O/c16-6-1-2-7-17-8-10-18(11-9-17)15(19)14-12-4-3-5-13(12)14/h12-14H,1-11,16H2. The van der Waals surface area contributed by atoms with Crippen molar-refractivity contribution in [2.45, 2.75) is 32.1 Å². The Bertz CT molecular complexity index is 315. The summed E-state index contributed by atoms with van der Waals surface area (Å²) in [5.74, 6) is 2.40. The minimum Gasteiger partial charge on any atom is -0.340 e. The molecule has 0 aromatic heterocycles. The van der Waals surface area contributed by atoms with Gasteiger partial charge in [0.25, 0.3) is 0 Å². The highest BCUT2D eigenvalue weighted by Gasteiger charge is 2.57. The largest absolute Gasteiger partial charge is 0.340 e. The van der Waals surface area contributed by atoms with Crippen molar-refractivity contribution in [3.8, 4) is 0 Å². The third-order valence-electron chi connectivity index (χ3n) is 5.30. The molecule has 0 spiro atoms. The number of carbonyl (C=O) groups excluding carboxylic acids is 1. The number of nitrogens with two attached hydrogens (primary N) is 1. The van der Waals surface area contributed by atoms with E-state index in [-0.39, 0.29) is 0 Å². The first-order chi connectivity index (χ1) is 9.31. The summed E-state index contributed by atoms with van der Waals surface area (Å²) in [5, 5.41) is 0. The molecule has 2 aliphatic carbocycles. The van der Waals surface area contributed by atoms with Crippen LogP contribution in [0.3, 0.4) is 0 Å². The molecule has 0 aromatic carbocycles. The molecule has 1 saturated heterocycles. The predicted octanol–water partition coefficient (Wildman–Crippen LogP) is 0.916. The summed E-state index contributed by atoms with van der Waals surface area (Å²) >= 11 is 0. The van der Waals surface area contributed by atoms with E-state index in [2.05, 4.69) is 9.80 Å². The van der Waals surface area contributed by atoms with Crippen molar-refractivity contribution >= 4 is 5.91 Å². The van der Waals surface area contributed by atoms with Gasteiger partial charge in [0.15, 0.2) is 0 Å². The Balaban J connectivity index is 1.39. The van der Waals surface area contributed by atoms with E-state index in [1.165, 1.54) is 25.7 Å². The van der Waals surface area contributed by atoms with Gasteiger partial charge < -0.3 is 10.6 Å². The van der Waals surface area contributed by atoms with Crippen LogP contribution in [0.25, 0.3) is 0 Å². The lowest BCUT2D eigenvalue weighted by molar-refractivity contribution is -0.135. The quantitative estimate of drug-likeness (QED) is 0.752. The molecule has 2 unspecified atom stereocenters. The van der Waals surface area contributed by atoms with Crippen LogP contribution in [0.15, 0.2) is 0 Å². The van der Waals surface area contributed by atoms with Crippen molar-refractivity contribution in [3.05, 3.63) is 0 Å². The van der Waals surface area contributed by atoms with E-state index < -0.39 is 0 Å². The van der Waals surface area contributed by atoms with E-state index in [4.69, 9.17) is 5.73 Å². The Morgan fingerprint density at radius 3 is 2.37 bits per heavy atom. The molecule has 3 rings (SSSR count). The summed E-state index contributed by atoms with van der Waals surface area (Å²) in [7, 11) is 0. The lowest BCUT2D eigenvalue weighted by Crippen LogP contribution is -2.49. The third kappa shape index (κ3) is 2.79. The molecule has 2 N–H and O–H groups in total. The number of amides is 1. The SMILES string of the molecule is NCCCCN1CCN(C(=O)C2C3CCCC32)CC1. The Hall–Kier alpha value is -0.610. The van der Waals surface area contributed by atoms with Crippen LogP contribution in [0.1, 0.15) is 32.1 Å². The molecule has 0 radical (unpaired) electrons. The summed E-state index contributed by atoms with van der Waals surface area (Å²) in [5.41, 5.74) is 5.52. The van der Waals surface area contributed by atoms with E-state index in [1.807, 2.05) is 0 Å². The van der Waals surface area contributed by atoms with Crippen LogP contribution in [0.5, 0.6) is 0 Å². The molecule has 2 saturated carbocycles. The minimum atomic E-state index is 0.414. The van der Waals surface area contributed by atoms with Gasteiger partial charge in [-0.25, -0.2) is 0 Å². The highest BCUT2D eigenvalue weighted by atomic mass is 16.2. The van der Waals surface area contributed by atoms with Crippen LogP contribution >= 0.6 is 0 Å². The highest BCUT2D eigenvalue weighted by Crippen LogP contribution is 2.58. The maximum Gasteiger partial charge on any atom is 0.226 e. The summed E-state index contributed by atoms with van der Waals surface area (Å²) < 4.78 is 0. The lowest BCUT2D eigenvalue weighted by Gasteiger charge is -2.35. The first-order valence-electron chi connectivity index (χ1n) is 8.02. The van der Waals surface area contributed by atoms with E-state index in [0.29, 0.717) is 11.8 Å². The second-order valence-corrected chi connectivity index (χ2v) is 6.45. The average Bonchev–Trinajstić information content (AvgIpc) is 2.91. The molecule has 3 fully saturated rings. The molecule has 0 aromatic rings. The van der Waals surface area contributed by atoms with Gasteiger partial charge in [-0.15, -0.1) is 0 Å². The number of piperazine rings is 1. The van der Waals surface area contributed by atoms with E-state index >= 15 is 0 Å². The highest BCUT2D eigenvalue weighted by molar-refractivity contribution is 5.82. The smallest absolute Gasteiger partial charge is 0.226 e. The van der Waals surface area contributed by atoms with Crippen molar-refractivity contribution in [2.24, 2.45) is 23.5 Å². The number of hydrogen-bond donors (Lipinski definition) is 1. The van der Waals surface area contributed by atoms with Crippen LogP contribution in [-0.2, 0) is 4.79 Å². The van der Waals surface area contributed by atoms with Gasteiger partial charge in [-0.05, 0) is 50.6 Å². The van der Waals surface area contributed by atoms with Crippen molar-refractivity contribution < 1.29 is 4.79 Å². The van der Waals surface area contributed by atoms with Crippen molar-refractivity contribution in [1.82, 2.24) is 9.80 Å². The van der Waals surface area contributed by atoms with Gasteiger partial charge in [0, 0.05) is 32.1 Å². The third-order valence-corrected chi connectivity index (χ3v) is 5.30. The van der Waals surface area contributed by atoms with Gasteiger partial charge >= 0.3 is 0 Å². The summed E-state index contributed by atoms with van der Waals surface area (Å²) in [6.07, 6.45) is 6.27. The predicted molar refractivity (Wildman–Crippen MR) is 75.6 cm³/mol. The molecule has 19 heavy (non-hydrogen) atoms. The summed E-state index contributed by atoms with van der Waals surface area (Å²) in [4.78, 5) is 17.0. The minimum absolute atomic E-state index is 0.414. The van der Waals surface area contributed by atoms with Crippen molar-refractivity contribution in [3.63, 3.8) is 0 Å². The number of nitrogens with zero attached hydrogens (tertiary/aromatic N) is 2. The van der Waals surface area contributed by atoms with Crippen molar-refractivity contribution in [1.29, 1.82) is 0 Å². The van der Waals surface area contributed by atoms with E-state index in [1.54, 1.807) is 0 Å². The van der Waals surface area contributed by atoms with Gasteiger partial charge in [-0.2, -0.15) is 0 Å². The van der Waals surface area contributed by atoms with Gasteiger partial charge in [0.05, 0.1) is 0 Å². The zero-order chi connectivity index (χ0) is 13.2. The second-order valence-electron chi connectivity index (χ2n) is 6.45. The number of fused-ring (bicyclic) bond motifs is 1. The monoisotopic (exact) mass is 265 g/mol. The molecule has 1 aliphatic heterocycles. The first-order valence-corrected chi connectivity index (χ1v) is 8.02. The number of carbonyl (C=O) groups is 1. The van der Waals surface area contributed by atoms with Gasteiger partial charge in [0.1, 0.15) is 0 Å². The van der Waals surface area contributed by atoms with Crippen LogP contribution in [-0.4, -0.2) is 55.0 Å². The number of hydrogen-bond acceptors (Lipinski definition) is 3. The fourth-order valence-corrected chi connectivity index (χ4v) is 4.07. The van der Waals surface area contributed by atoms with E-state index in [0.717, 1.165) is 57.5 Å². The van der Waals surface area contributed by atoms with E-state index in [9.17, 15) is 4.79 Å². The van der Waals surface area contributed by atoms with Gasteiger partial charge in [-0.1, -0.05) is 6.42 Å². The second kappa shape index (κ2) is 5.80. The fourth-order valence-electron chi connectivity index (χ4n) is 4.07. The van der Waals surface area contributed by atoms with Gasteiger partial charge in [0.2, 0.25) is 5.91 Å². The number of unbranched alkanes of at least 4 members (excludes halogenated alkanes) is 1. The normalized spacial score (nSPS) is 34.4. The zero-order valence-electron chi connectivity index (χ0n) is 11.9. The summed E-state index contributed by atoms with van der Waals surface area (Å²) in [6, 6.07) is 0. The average molecular weight is 265 g/mol. The first kappa shape index (κ1) is 13.4. The zero-order valence-corrected chi connectivity index (χ0v) is 11.9. The molecule has 3 aliphatic rings. The van der Waals surface area contributed by atoms with Crippen LogP contribution in [0.4, 0.5) is 0 Å². The van der Waals surface area contributed by atoms with Crippen LogP contribution < -0.4 is 5.73 Å². The molecular formula is C15H27N3O. The molecule has 4 nitrogen and oxygen atoms in total. The molecule has 2 atom stereocenters. The molecule has 1 amide bonds. The molecule has 4 heteroatoms. The molecule has 108 valence electrons. The lowest BCUT2D eigenvalue weighted by atomic mass is 10.1. The number of rotatable bonds is 5. The van der Waals surface area contributed by atoms with Crippen LogP contribution in [0, 0.1) is 17.8 Å². The molecular weight excluding hydrogens is 238 g/mol. The molecule has 0 bridgehead atoms. The van der Waals surface area contributed by atoms with Gasteiger partial charge in [-0.3, -0.25) is 9.69 Å². The Labute approximate surface area is 116 Å². The fraction of sp³-hybridized carbons (Fsp3) is 0.933. The Morgan fingerprint density at radius 2 is 1.74 bits per heavy atom. The maximum absolute atomic E-state index is 12.4. The topological polar surface area (TPSA) is 49.6 Å². The Morgan fingerprint density at radius 1 is 1.05 bits per heavy atom. The van der Waals surface area contributed by atoms with Crippen LogP contribution in [0.2, 0.25) is 0 Å². The maximum atomic E-state index is 12.4. The molecule has 1 heterocycles. The van der Waals surface area contributed by atoms with Crippen molar-refractivity contribution in [2.75, 3.05) is 39.3 Å².